The summed E-state index contributed by atoms with van der Waals surface area (Å²) in [6.07, 6.45) is 1.81. The molecule has 3 rings (SSSR count). The Morgan fingerprint density at radius 3 is 2.57 bits per heavy atom. The predicted octanol–water partition coefficient (Wildman–Crippen LogP) is 3.24. The normalized spacial score (nSPS) is 11.0. The zero-order valence-electron chi connectivity index (χ0n) is 12.4. The van der Waals surface area contributed by atoms with Crippen molar-refractivity contribution in [2.24, 2.45) is 5.10 Å². The van der Waals surface area contributed by atoms with Crippen LogP contribution in [0, 0.1) is 0 Å². The van der Waals surface area contributed by atoms with Crippen LogP contribution in [0.5, 0.6) is 5.75 Å². The van der Waals surface area contributed by atoms with Gasteiger partial charge in [-0.2, -0.15) is 5.10 Å². The third kappa shape index (κ3) is 3.74. The van der Waals surface area contributed by atoms with Gasteiger partial charge in [-0.1, -0.05) is 42.5 Å². The lowest BCUT2D eigenvalue weighted by Crippen LogP contribution is -2.19. The molecule has 0 saturated heterocycles. The van der Waals surface area contributed by atoms with E-state index in [1.54, 1.807) is 30.5 Å². The number of hydrogen-bond donors (Lipinski definition) is 2. The summed E-state index contributed by atoms with van der Waals surface area (Å²) in [6.45, 7) is 0. The van der Waals surface area contributed by atoms with Gasteiger partial charge in [-0.3, -0.25) is 4.79 Å². The molecule has 0 spiro atoms. The number of phenolic OH excluding ortho intramolecular Hbond substituents is 1. The van der Waals surface area contributed by atoms with Crippen molar-refractivity contribution in [2.45, 2.75) is 6.42 Å². The Morgan fingerprint density at radius 1 is 1.00 bits per heavy atom. The maximum absolute atomic E-state index is 12.0. The maximum atomic E-state index is 12.0. The number of benzene rings is 3. The molecule has 0 radical (unpaired) electrons. The van der Waals surface area contributed by atoms with Crippen LogP contribution in [0.3, 0.4) is 0 Å². The highest BCUT2D eigenvalue weighted by Gasteiger charge is 2.05. The van der Waals surface area contributed by atoms with E-state index >= 15 is 0 Å². The molecule has 1 amide bonds. The van der Waals surface area contributed by atoms with Crippen LogP contribution in [0.25, 0.3) is 10.8 Å². The molecule has 3 aromatic rings. The van der Waals surface area contributed by atoms with E-state index in [4.69, 9.17) is 0 Å². The summed E-state index contributed by atoms with van der Waals surface area (Å²) in [5.41, 5.74) is 4.30. The molecule has 0 fully saturated rings. The smallest absolute Gasteiger partial charge is 0.244 e. The zero-order valence-corrected chi connectivity index (χ0v) is 12.4. The van der Waals surface area contributed by atoms with Crippen LogP contribution in [0.4, 0.5) is 0 Å². The van der Waals surface area contributed by atoms with Gasteiger partial charge in [0.1, 0.15) is 5.75 Å². The third-order valence-corrected chi connectivity index (χ3v) is 3.53. The van der Waals surface area contributed by atoms with Crippen molar-refractivity contribution in [2.75, 3.05) is 0 Å². The molecule has 114 valence electrons. The number of amides is 1. The number of carbonyl (C=O) groups is 1. The number of nitrogens with zero attached hydrogens (tertiary/aromatic N) is 1. The summed E-state index contributed by atoms with van der Waals surface area (Å²) >= 11 is 0. The fourth-order valence-corrected chi connectivity index (χ4v) is 2.40. The van der Waals surface area contributed by atoms with E-state index < -0.39 is 0 Å². The lowest BCUT2D eigenvalue weighted by molar-refractivity contribution is -0.120. The Labute approximate surface area is 134 Å². The topological polar surface area (TPSA) is 61.7 Å². The average molecular weight is 304 g/mol. The third-order valence-electron chi connectivity index (χ3n) is 3.53. The molecule has 0 aliphatic heterocycles. The summed E-state index contributed by atoms with van der Waals surface area (Å²) in [5.74, 6) is 0.0264. The van der Waals surface area contributed by atoms with Gasteiger partial charge in [-0.25, -0.2) is 5.43 Å². The Hall–Kier alpha value is -3.14. The first-order valence-electron chi connectivity index (χ1n) is 7.30. The van der Waals surface area contributed by atoms with Gasteiger partial charge in [0.25, 0.3) is 0 Å². The largest absolute Gasteiger partial charge is 0.508 e. The number of aromatic hydroxyl groups is 1. The van der Waals surface area contributed by atoms with E-state index in [1.807, 2.05) is 42.5 Å². The van der Waals surface area contributed by atoms with Crippen LogP contribution in [-0.2, 0) is 11.2 Å². The Balaban J connectivity index is 1.66. The SMILES string of the molecule is O=C(Cc1cccc2ccccc12)N/N=C\c1ccc(O)cc1. The van der Waals surface area contributed by atoms with Gasteiger partial charge in [0.05, 0.1) is 12.6 Å². The highest BCUT2D eigenvalue weighted by atomic mass is 16.3. The molecule has 23 heavy (non-hydrogen) atoms. The Bertz CT molecular complexity index is 849. The first kappa shape index (κ1) is 14.8. The number of nitrogens with one attached hydrogen (secondary N) is 1. The van der Waals surface area contributed by atoms with Crippen molar-refractivity contribution in [1.29, 1.82) is 0 Å². The molecule has 0 saturated carbocycles. The quantitative estimate of drug-likeness (QED) is 0.574. The van der Waals surface area contributed by atoms with Gasteiger partial charge in [-0.05, 0) is 46.2 Å². The van der Waals surface area contributed by atoms with E-state index in [-0.39, 0.29) is 18.1 Å². The number of hydrogen-bond acceptors (Lipinski definition) is 3. The second-order valence-electron chi connectivity index (χ2n) is 5.20. The standard InChI is InChI=1S/C19H16N2O2/c22-17-10-8-14(9-11-17)13-20-21-19(23)12-16-6-3-5-15-4-1-2-7-18(15)16/h1-11,13,22H,12H2,(H,21,23)/b20-13-. The first-order chi connectivity index (χ1) is 11.2. The maximum Gasteiger partial charge on any atom is 0.244 e. The van der Waals surface area contributed by atoms with E-state index in [1.165, 1.54) is 0 Å². The van der Waals surface area contributed by atoms with Gasteiger partial charge < -0.3 is 5.11 Å². The van der Waals surface area contributed by atoms with E-state index in [0.29, 0.717) is 0 Å². The van der Waals surface area contributed by atoms with Gasteiger partial charge in [-0.15, -0.1) is 0 Å². The molecule has 0 unspecified atom stereocenters. The lowest BCUT2D eigenvalue weighted by atomic mass is 10.0. The number of rotatable bonds is 4. The van der Waals surface area contributed by atoms with Crippen molar-refractivity contribution < 1.29 is 9.90 Å². The van der Waals surface area contributed by atoms with Crippen molar-refractivity contribution in [3.8, 4) is 5.75 Å². The Kier molecular flexibility index (Phi) is 4.34. The number of hydrazone groups is 1. The van der Waals surface area contributed by atoms with E-state index in [2.05, 4.69) is 10.5 Å². The number of fused-ring (bicyclic) bond motifs is 1. The highest BCUT2D eigenvalue weighted by Crippen LogP contribution is 2.18. The molecule has 0 bridgehead atoms. The molecule has 2 N–H and O–H groups in total. The van der Waals surface area contributed by atoms with Crippen molar-refractivity contribution >= 4 is 22.9 Å². The highest BCUT2D eigenvalue weighted by molar-refractivity contribution is 5.90. The monoisotopic (exact) mass is 304 g/mol. The summed E-state index contributed by atoms with van der Waals surface area (Å²) in [7, 11) is 0. The van der Waals surface area contributed by atoms with Crippen LogP contribution in [0.15, 0.2) is 71.8 Å². The second-order valence-corrected chi connectivity index (χ2v) is 5.20. The zero-order chi connectivity index (χ0) is 16.1. The van der Waals surface area contributed by atoms with Crippen LogP contribution >= 0.6 is 0 Å². The lowest BCUT2D eigenvalue weighted by Gasteiger charge is -2.05. The summed E-state index contributed by atoms with van der Waals surface area (Å²) in [6, 6.07) is 20.5. The van der Waals surface area contributed by atoms with Gasteiger partial charge >= 0.3 is 0 Å². The summed E-state index contributed by atoms with van der Waals surface area (Å²) in [4.78, 5) is 12.0. The molecule has 0 aromatic heterocycles. The van der Waals surface area contributed by atoms with E-state index in [9.17, 15) is 9.90 Å². The predicted molar refractivity (Wildman–Crippen MR) is 91.5 cm³/mol. The average Bonchev–Trinajstić information content (AvgIpc) is 2.57. The molecular weight excluding hydrogens is 288 g/mol. The number of phenols is 1. The molecule has 0 aliphatic rings. The number of carbonyl (C=O) groups excluding carboxylic acids is 1. The fraction of sp³-hybridized carbons (Fsp3) is 0.0526. The molecule has 3 aromatic carbocycles. The van der Waals surface area contributed by atoms with Gasteiger partial charge in [0.15, 0.2) is 0 Å². The Morgan fingerprint density at radius 2 is 1.74 bits per heavy atom. The van der Waals surface area contributed by atoms with Gasteiger partial charge in [0.2, 0.25) is 5.91 Å². The van der Waals surface area contributed by atoms with Crippen molar-refractivity contribution in [1.82, 2.24) is 5.43 Å². The minimum atomic E-state index is -0.170. The van der Waals surface area contributed by atoms with E-state index in [0.717, 1.165) is 21.9 Å². The second kappa shape index (κ2) is 6.75. The van der Waals surface area contributed by atoms with Crippen LogP contribution in [0.1, 0.15) is 11.1 Å². The molecule has 0 atom stereocenters. The summed E-state index contributed by atoms with van der Waals surface area (Å²) < 4.78 is 0. The molecule has 4 heteroatoms. The minimum Gasteiger partial charge on any atom is -0.508 e. The molecule has 4 nitrogen and oxygen atoms in total. The van der Waals surface area contributed by atoms with Crippen LogP contribution in [-0.4, -0.2) is 17.2 Å². The minimum absolute atomic E-state index is 0.170. The summed E-state index contributed by atoms with van der Waals surface area (Å²) in [5, 5.41) is 15.3. The van der Waals surface area contributed by atoms with Gasteiger partial charge in [0, 0.05) is 0 Å². The van der Waals surface area contributed by atoms with Crippen molar-refractivity contribution in [3.63, 3.8) is 0 Å². The molecule has 0 heterocycles. The molecular formula is C19H16N2O2. The fourth-order valence-electron chi connectivity index (χ4n) is 2.40. The first-order valence-corrected chi connectivity index (χ1v) is 7.30. The molecule has 0 aliphatic carbocycles. The van der Waals surface area contributed by atoms with Crippen LogP contribution < -0.4 is 5.43 Å². The van der Waals surface area contributed by atoms with Crippen molar-refractivity contribution in [3.05, 3.63) is 77.9 Å². The van der Waals surface area contributed by atoms with Crippen LogP contribution in [0.2, 0.25) is 0 Å².